The fraction of sp³-hybridized carbons (Fsp3) is 0.455. The van der Waals surface area contributed by atoms with Gasteiger partial charge in [-0.05, 0) is 33.5 Å². The molecule has 3 nitrogen and oxygen atoms in total. The SMILES string of the molecule is CC(C)(C)CNC(=O)c1ccc(Br)cn1. The average Bonchev–Trinajstić information content (AvgIpc) is 2.14. The Bertz CT molecular complexity index is 341. The minimum absolute atomic E-state index is 0.0883. The Morgan fingerprint density at radius 1 is 1.47 bits per heavy atom. The zero-order chi connectivity index (χ0) is 11.5. The molecule has 15 heavy (non-hydrogen) atoms. The molecule has 4 heteroatoms. The molecule has 0 aliphatic carbocycles. The Balaban J connectivity index is 2.58. The molecule has 0 radical (unpaired) electrons. The lowest BCUT2D eigenvalue weighted by Crippen LogP contribution is -2.32. The Morgan fingerprint density at radius 2 is 2.13 bits per heavy atom. The van der Waals surface area contributed by atoms with E-state index in [1.807, 2.05) is 0 Å². The van der Waals surface area contributed by atoms with Crippen LogP contribution in [0.25, 0.3) is 0 Å². The van der Waals surface area contributed by atoms with Crippen molar-refractivity contribution in [3.63, 3.8) is 0 Å². The number of carbonyl (C=O) groups excluding carboxylic acids is 1. The highest BCUT2D eigenvalue weighted by Gasteiger charge is 2.13. The third-order valence-corrected chi connectivity index (χ3v) is 2.21. The van der Waals surface area contributed by atoms with Gasteiger partial charge in [0.2, 0.25) is 0 Å². The summed E-state index contributed by atoms with van der Waals surface area (Å²) in [6, 6.07) is 3.50. The molecule has 82 valence electrons. The summed E-state index contributed by atoms with van der Waals surface area (Å²) in [6.45, 7) is 6.86. The lowest BCUT2D eigenvalue weighted by Gasteiger charge is -2.18. The van der Waals surface area contributed by atoms with E-state index in [0.29, 0.717) is 12.2 Å². The van der Waals surface area contributed by atoms with Crippen molar-refractivity contribution in [2.45, 2.75) is 20.8 Å². The van der Waals surface area contributed by atoms with Gasteiger partial charge in [-0.25, -0.2) is 4.98 Å². The first-order valence-electron chi connectivity index (χ1n) is 4.78. The second kappa shape index (κ2) is 4.75. The third kappa shape index (κ3) is 4.42. The molecule has 1 rings (SSSR count). The molecule has 1 heterocycles. The number of nitrogens with zero attached hydrogens (tertiary/aromatic N) is 1. The van der Waals surface area contributed by atoms with E-state index in [0.717, 1.165) is 4.47 Å². The summed E-state index contributed by atoms with van der Waals surface area (Å²) in [5.74, 6) is -0.127. The van der Waals surface area contributed by atoms with E-state index in [9.17, 15) is 4.79 Å². The number of hydrogen-bond acceptors (Lipinski definition) is 2. The number of nitrogens with one attached hydrogen (secondary N) is 1. The average molecular weight is 271 g/mol. The van der Waals surface area contributed by atoms with Crippen LogP contribution >= 0.6 is 15.9 Å². The predicted molar refractivity (Wildman–Crippen MR) is 63.7 cm³/mol. The summed E-state index contributed by atoms with van der Waals surface area (Å²) in [5.41, 5.74) is 0.535. The maximum Gasteiger partial charge on any atom is 0.269 e. The summed E-state index contributed by atoms with van der Waals surface area (Å²) in [6.07, 6.45) is 1.62. The first kappa shape index (κ1) is 12.2. The Morgan fingerprint density at radius 3 is 2.60 bits per heavy atom. The van der Waals surface area contributed by atoms with Gasteiger partial charge in [-0.2, -0.15) is 0 Å². The Kier molecular flexibility index (Phi) is 3.85. The van der Waals surface area contributed by atoms with Crippen LogP contribution in [0.15, 0.2) is 22.8 Å². The normalized spacial score (nSPS) is 11.2. The van der Waals surface area contributed by atoms with E-state index in [4.69, 9.17) is 0 Å². The van der Waals surface area contributed by atoms with E-state index in [2.05, 4.69) is 47.0 Å². The van der Waals surface area contributed by atoms with Crippen LogP contribution < -0.4 is 5.32 Å². The first-order chi connectivity index (χ1) is 6.88. The molecule has 0 aliphatic heterocycles. The highest BCUT2D eigenvalue weighted by Crippen LogP contribution is 2.11. The van der Waals surface area contributed by atoms with Crippen LogP contribution in [0.2, 0.25) is 0 Å². The van der Waals surface area contributed by atoms with Gasteiger partial charge >= 0.3 is 0 Å². The van der Waals surface area contributed by atoms with Crippen LogP contribution in [0.1, 0.15) is 31.3 Å². The second-order valence-electron chi connectivity index (χ2n) is 4.60. The third-order valence-electron chi connectivity index (χ3n) is 1.74. The molecule has 0 unspecified atom stereocenters. The van der Waals surface area contributed by atoms with Gasteiger partial charge in [-0.3, -0.25) is 4.79 Å². The number of rotatable bonds is 2. The molecule has 1 aromatic heterocycles. The van der Waals surface area contributed by atoms with Crippen LogP contribution in [0, 0.1) is 5.41 Å². The number of hydrogen-bond donors (Lipinski definition) is 1. The van der Waals surface area contributed by atoms with Crippen molar-refractivity contribution in [2.75, 3.05) is 6.54 Å². The monoisotopic (exact) mass is 270 g/mol. The molecular formula is C11H15BrN2O. The van der Waals surface area contributed by atoms with Crippen molar-refractivity contribution in [2.24, 2.45) is 5.41 Å². The molecule has 0 bridgehead atoms. The van der Waals surface area contributed by atoms with Crippen molar-refractivity contribution in [1.29, 1.82) is 0 Å². The number of aromatic nitrogens is 1. The highest BCUT2D eigenvalue weighted by molar-refractivity contribution is 9.10. The lowest BCUT2D eigenvalue weighted by atomic mass is 9.97. The Labute approximate surface area is 98.4 Å². The van der Waals surface area contributed by atoms with Crippen LogP contribution in [0.3, 0.4) is 0 Å². The number of pyridine rings is 1. The van der Waals surface area contributed by atoms with Gasteiger partial charge in [0.1, 0.15) is 5.69 Å². The molecule has 1 N–H and O–H groups in total. The van der Waals surface area contributed by atoms with Crippen LogP contribution in [-0.2, 0) is 0 Å². The van der Waals surface area contributed by atoms with Gasteiger partial charge in [0, 0.05) is 17.2 Å². The summed E-state index contributed by atoms with van der Waals surface area (Å²) < 4.78 is 0.870. The van der Waals surface area contributed by atoms with Crippen molar-refractivity contribution in [3.8, 4) is 0 Å². The van der Waals surface area contributed by atoms with Gasteiger partial charge < -0.3 is 5.32 Å². The molecule has 0 saturated carbocycles. The standard InChI is InChI=1S/C11H15BrN2O/c1-11(2,3)7-14-10(15)9-5-4-8(12)6-13-9/h4-6H,7H2,1-3H3,(H,14,15). The zero-order valence-corrected chi connectivity index (χ0v) is 10.8. The number of amides is 1. The van der Waals surface area contributed by atoms with E-state index in [-0.39, 0.29) is 11.3 Å². The summed E-state index contributed by atoms with van der Waals surface area (Å²) in [5, 5.41) is 2.84. The molecule has 0 aliphatic rings. The van der Waals surface area contributed by atoms with Gasteiger partial charge in [-0.1, -0.05) is 20.8 Å². The Hall–Kier alpha value is -0.900. The molecule has 1 aromatic rings. The van der Waals surface area contributed by atoms with Crippen molar-refractivity contribution < 1.29 is 4.79 Å². The summed E-state index contributed by atoms with van der Waals surface area (Å²) >= 11 is 3.27. The van der Waals surface area contributed by atoms with Gasteiger partial charge in [0.15, 0.2) is 0 Å². The fourth-order valence-corrected chi connectivity index (χ4v) is 1.18. The van der Waals surface area contributed by atoms with E-state index >= 15 is 0 Å². The highest BCUT2D eigenvalue weighted by atomic mass is 79.9. The second-order valence-corrected chi connectivity index (χ2v) is 5.52. The van der Waals surface area contributed by atoms with E-state index in [1.54, 1.807) is 18.3 Å². The maximum absolute atomic E-state index is 11.6. The quantitative estimate of drug-likeness (QED) is 0.898. The molecule has 0 saturated heterocycles. The van der Waals surface area contributed by atoms with Crippen molar-refractivity contribution in [1.82, 2.24) is 10.3 Å². The van der Waals surface area contributed by atoms with Crippen molar-refractivity contribution >= 4 is 21.8 Å². The molecule has 0 fully saturated rings. The minimum Gasteiger partial charge on any atom is -0.350 e. The maximum atomic E-state index is 11.6. The number of carbonyl (C=O) groups is 1. The topological polar surface area (TPSA) is 42.0 Å². The van der Waals surface area contributed by atoms with Crippen LogP contribution in [-0.4, -0.2) is 17.4 Å². The van der Waals surface area contributed by atoms with E-state index < -0.39 is 0 Å². The summed E-state index contributed by atoms with van der Waals surface area (Å²) in [7, 11) is 0. The van der Waals surface area contributed by atoms with Gasteiger partial charge in [0.05, 0.1) is 0 Å². The van der Waals surface area contributed by atoms with E-state index in [1.165, 1.54) is 0 Å². The molecule has 1 amide bonds. The lowest BCUT2D eigenvalue weighted by molar-refractivity contribution is 0.0934. The molecule has 0 atom stereocenters. The van der Waals surface area contributed by atoms with Crippen molar-refractivity contribution in [3.05, 3.63) is 28.5 Å². The van der Waals surface area contributed by atoms with Crippen LogP contribution in [0.4, 0.5) is 0 Å². The number of halogens is 1. The molecule has 0 spiro atoms. The summed E-state index contributed by atoms with van der Waals surface area (Å²) in [4.78, 5) is 15.6. The molecule has 0 aromatic carbocycles. The zero-order valence-electron chi connectivity index (χ0n) is 9.17. The fourth-order valence-electron chi connectivity index (χ4n) is 0.946. The minimum atomic E-state index is -0.127. The van der Waals surface area contributed by atoms with Gasteiger partial charge in [0.25, 0.3) is 5.91 Å². The predicted octanol–water partition coefficient (Wildman–Crippen LogP) is 2.62. The van der Waals surface area contributed by atoms with Crippen LogP contribution in [0.5, 0.6) is 0 Å². The first-order valence-corrected chi connectivity index (χ1v) is 5.57. The largest absolute Gasteiger partial charge is 0.350 e. The molecular weight excluding hydrogens is 256 g/mol. The smallest absolute Gasteiger partial charge is 0.269 e. The van der Waals surface area contributed by atoms with Gasteiger partial charge in [-0.15, -0.1) is 0 Å².